The first-order valence-electron chi connectivity index (χ1n) is 8.48. The van der Waals surface area contributed by atoms with E-state index in [2.05, 4.69) is 20.9 Å². The van der Waals surface area contributed by atoms with E-state index in [1.807, 2.05) is 37.4 Å². The summed E-state index contributed by atoms with van der Waals surface area (Å²) in [5, 5.41) is 0. The smallest absolute Gasteiger partial charge is 0.307 e. The molecule has 0 radical (unpaired) electrons. The standard InChI is InChI=1S/C18H24BrN3O3/c1-5-8-21(9-7-15(23)25-6-2)18(24)16-13(4)20-17-12(3)10-14(19)11-22(16)17/h10-11H,5-9H2,1-4H3. The molecular formula is C18H24BrN3O3. The summed E-state index contributed by atoms with van der Waals surface area (Å²) in [4.78, 5) is 31.0. The third-order valence-corrected chi connectivity index (χ3v) is 4.35. The van der Waals surface area contributed by atoms with E-state index in [-0.39, 0.29) is 18.3 Å². The second kappa shape index (κ2) is 8.47. The third kappa shape index (κ3) is 4.39. The zero-order valence-electron chi connectivity index (χ0n) is 15.1. The first kappa shape index (κ1) is 19.4. The Bertz CT molecular complexity index is 785. The maximum absolute atomic E-state index is 13.1. The predicted octanol–water partition coefficient (Wildman–Crippen LogP) is 3.52. The summed E-state index contributed by atoms with van der Waals surface area (Å²) in [6.07, 6.45) is 2.86. The average Bonchev–Trinajstić information content (AvgIpc) is 2.87. The van der Waals surface area contributed by atoms with E-state index in [4.69, 9.17) is 4.74 Å². The van der Waals surface area contributed by atoms with Crippen molar-refractivity contribution in [3.8, 4) is 0 Å². The van der Waals surface area contributed by atoms with E-state index in [0.29, 0.717) is 31.1 Å². The Morgan fingerprint density at radius 3 is 2.64 bits per heavy atom. The van der Waals surface area contributed by atoms with Gasteiger partial charge in [0.1, 0.15) is 11.3 Å². The summed E-state index contributed by atoms with van der Waals surface area (Å²) in [5.41, 5.74) is 2.98. The van der Waals surface area contributed by atoms with E-state index in [1.54, 1.807) is 11.8 Å². The number of amides is 1. The minimum absolute atomic E-state index is 0.117. The van der Waals surface area contributed by atoms with Crippen molar-refractivity contribution < 1.29 is 14.3 Å². The van der Waals surface area contributed by atoms with Gasteiger partial charge in [0.05, 0.1) is 18.7 Å². The highest BCUT2D eigenvalue weighted by atomic mass is 79.9. The zero-order valence-corrected chi connectivity index (χ0v) is 16.7. The van der Waals surface area contributed by atoms with Crippen molar-refractivity contribution in [2.75, 3.05) is 19.7 Å². The summed E-state index contributed by atoms with van der Waals surface area (Å²) in [5.74, 6) is -0.404. The molecule has 2 aromatic rings. The predicted molar refractivity (Wildman–Crippen MR) is 99.8 cm³/mol. The van der Waals surface area contributed by atoms with Crippen molar-refractivity contribution in [1.29, 1.82) is 0 Å². The van der Waals surface area contributed by atoms with Crippen LogP contribution in [-0.4, -0.2) is 45.9 Å². The van der Waals surface area contributed by atoms with Gasteiger partial charge in [-0.1, -0.05) is 6.92 Å². The molecule has 0 aliphatic rings. The lowest BCUT2D eigenvalue weighted by Gasteiger charge is -2.22. The molecule has 0 aromatic carbocycles. The molecule has 0 atom stereocenters. The van der Waals surface area contributed by atoms with E-state index >= 15 is 0 Å². The number of rotatable bonds is 7. The molecule has 25 heavy (non-hydrogen) atoms. The quantitative estimate of drug-likeness (QED) is 0.656. The highest BCUT2D eigenvalue weighted by molar-refractivity contribution is 9.10. The Balaban J connectivity index is 2.34. The first-order chi connectivity index (χ1) is 11.9. The molecule has 0 spiro atoms. The fourth-order valence-corrected chi connectivity index (χ4v) is 3.38. The van der Waals surface area contributed by atoms with Crippen LogP contribution in [0.2, 0.25) is 0 Å². The zero-order chi connectivity index (χ0) is 18.6. The molecule has 7 heteroatoms. The van der Waals surface area contributed by atoms with Crippen molar-refractivity contribution in [3.63, 3.8) is 0 Å². The fraction of sp³-hybridized carbons (Fsp3) is 0.500. The van der Waals surface area contributed by atoms with Crippen molar-refractivity contribution in [2.45, 2.75) is 40.5 Å². The van der Waals surface area contributed by atoms with Crippen LogP contribution < -0.4 is 0 Å². The molecule has 1 amide bonds. The maximum atomic E-state index is 13.1. The number of aromatic nitrogens is 2. The highest BCUT2D eigenvalue weighted by Gasteiger charge is 2.23. The summed E-state index contributed by atoms with van der Waals surface area (Å²) >= 11 is 3.48. The Morgan fingerprint density at radius 1 is 1.28 bits per heavy atom. The Hall–Kier alpha value is -1.89. The number of imidazole rings is 1. The number of ether oxygens (including phenoxy) is 1. The maximum Gasteiger partial charge on any atom is 0.307 e. The summed E-state index contributed by atoms with van der Waals surface area (Å²) in [6, 6.07) is 1.97. The molecule has 2 aromatic heterocycles. The van der Waals surface area contributed by atoms with Crippen LogP contribution in [0, 0.1) is 13.8 Å². The molecule has 136 valence electrons. The SMILES string of the molecule is CCCN(CCC(=O)OCC)C(=O)c1c(C)nc2c(C)cc(Br)cn12. The second-order valence-corrected chi connectivity index (χ2v) is 6.84. The topological polar surface area (TPSA) is 63.9 Å². The van der Waals surface area contributed by atoms with Crippen LogP contribution in [0.25, 0.3) is 5.65 Å². The van der Waals surface area contributed by atoms with Crippen molar-refractivity contribution in [1.82, 2.24) is 14.3 Å². The number of pyridine rings is 1. The molecular weight excluding hydrogens is 386 g/mol. The number of aryl methyl sites for hydroxylation is 2. The largest absolute Gasteiger partial charge is 0.466 e. The van der Waals surface area contributed by atoms with Gasteiger partial charge < -0.3 is 9.64 Å². The van der Waals surface area contributed by atoms with Crippen LogP contribution in [0.4, 0.5) is 0 Å². The Kier molecular flexibility index (Phi) is 6.58. The number of carbonyl (C=O) groups is 2. The Morgan fingerprint density at radius 2 is 2.00 bits per heavy atom. The number of hydrogen-bond donors (Lipinski definition) is 0. The van der Waals surface area contributed by atoms with Crippen molar-refractivity contribution >= 4 is 33.5 Å². The summed E-state index contributed by atoms with van der Waals surface area (Å²) in [7, 11) is 0. The van der Waals surface area contributed by atoms with Gasteiger partial charge in [0.25, 0.3) is 5.91 Å². The molecule has 0 fully saturated rings. The molecule has 0 unspecified atom stereocenters. The van der Waals surface area contributed by atoms with Gasteiger partial charge in [-0.3, -0.25) is 14.0 Å². The number of fused-ring (bicyclic) bond motifs is 1. The minimum atomic E-state index is -0.287. The fourth-order valence-electron chi connectivity index (χ4n) is 2.83. The number of halogens is 1. The van der Waals surface area contributed by atoms with E-state index in [1.165, 1.54) is 0 Å². The van der Waals surface area contributed by atoms with Crippen LogP contribution in [0.5, 0.6) is 0 Å². The lowest BCUT2D eigenvalue weighted by Crippen LogP contribution is -2.35. The lowest BCUT2D eigenvalue weighted by atomic mass is 10.2. The molecule has 0 N–H and O–H groups in total. The highest BCUT2D eigenvalue weighted by Crippen LogP contribution is 2.21. The van der Waals surface area contributed by atoms with Gasteiger partial charge in [0.2, 0.25) is 0 Å². The number of hydrogen-bond acceptors (Lipinski definition) is 4. The van der Waals surface area contributed by atoms with Crippen LogP contribution in [0.1, 0.15) is 48.4 Å². The molecule has 2 rings (SSSR count). The van der Waals surface area contributed by atoms with Crippen molar-refractivity contribution in [3.05, 3.63) is 33.7 Å². The monoisotopic (exact) mass is 409 g/mol. The van der Waals surface area contributed by atoms with Gasteiger partial charge in [0, 0.05) is 23.8 Å². The molecule has 2 heterocycles. The van der Waals surface area contributed by atoms with Gasteiger partial charge in [0.15, 0.2) is 0 Å². The van der Waals surface area contributed by atoms with Crippen molar-refractivity contribution in [2.24, 2.45) is 0 Å². The average molecular weight is 410 g/mol. The molecule has 0 bridgehead atoms. The summed E-state index contributed by atoms with van der Waals surface area (Å²) < 4.78 is 7.68. The van der Waals surface area contributed by atoms with Gasteiger partial charge >= 0.3 is 5.97 Å². The first-order valence-corrected chi connectivity index (χ1v) is 9.28. The van der Waals surface area contributed by atoms with Crippen LogP contribution in [-0.2, 0) is 9.53 Å². The second-order valence-electron chi connectivity index (χ2n) is 5.93. The van der Waals surface area contributed by atoms with Crippen LogP contribution >= 0.6 is 15.9 Å². The molecule has 0 saturated heterocycles. The normalized spacial score (nSPS) is 10.9. The van der Waals surface area contributed by atoms with Crippen LogP contribution in [0.3, 0.4) is 0 Å². The molecule has 0 saturated carbocycles. The van der Waals surface area contributed by atoms with Crippen LogP contribution in [0.15, 0.2) is 16.7 Å². The molecule has 0 aliphatic heterocycles. The van der Waals surface area contributed by atoms with Gasteiger partial charge in [-0.25, -0.2) is 4.98 Å². The molecule has 0 aliphatic carbocycles. The van der Waals surface area contributed by atoms with Gasteiger partial charge in [-0.05, 0) is 54.8 Å². The van der Waals surface area contributed by atoms with E-state index in [0.717, 1.165) is 22.1 Å². The van der Waals surface area contributed by atoms with E-state index < -0.39 is 0 Å². The lowest BCUT2D eigenvalue weighted by molar-refractivity contribution is -0.143. The molecule has 6 nitrogen and oxygen atoms in total. The number of nitrogens with zero attached hydrogens (tertiary/aromatic N) is 3. The van der Waals surface area contributed by atoms with Gasteiger partial charge in [-0.15, -0.1) is 0 Å². The minimum Gasteiger partial charge on any atom is -0.466 e. The van der Waals surface area contributed by atoms with E-state index in [9.17, 15) is 9.59 Å². The third-order valence-electron chi connectivity index (χ3n) is 3.92. The summed E-state index contributed by atoms with van der Waals surface area (Å²) in [6.45, 7) is 8.85. The van der Waals surface area contributed by atoms with Gasteiger partial charge in [-0.2, -0.15) is 0 Å². The number of esters is 1. The Labute approximate surface area is 156 Å². The number of carbonyl (C=O) groups excluding carboxylic acids is 2.